The molecular weight excluding hydrogens is 487 g/mol. The molecule has 5 aromatic rings. The van der Waals surface area contributed by atoms with Gasteiger partial charge in [-0.1, -0.05) is 0 Å². The lowest BCUT2D eigenvalue weighted by Crippen LogP contribution is -2.29. The topological polar surface area (TPSA) is 101 Å². The fourth-order valence-corrected chi connectivity index (χ4v) is 4.83. The summed E-state index contributed by atoms with van der Waals surface area (Å²) in [4.78, 5) is 13.6. The zero-order valence-corrected chi connectivity index (χ0v) is 21.6. The number of rotatable bonds is 9. The van der Waals surface area contributed by atoms with Crippen molar-refractivity contribution in [3.05, 3.63) is 65.8 Å². The minimum absolute atomic E-state index is 0.264. The van der Waals surface area contributed by atoms with Gasteiger partial charge in [0.2, 0.25) is 5.95 Å². The summed E-state index contributed by atoms with van der Waals surface area (Å²) >= 11 is 0. The lowest BCUT2D eigenvalue weighted by atomic mass is 10.0. The maximum absolute atomic E-state index is 14.6. The van der Waals surface area contributed by atoms with Gasteiger partial charge >= 0.3 is 0 Å². The number of benzene rings is 1. The quantitative estimate of drug-likeness (QED) is 0.317. The Balaban J connectivity index is 1.30. The average Bonchev–Trinajstić information content (AvgIpc) is 3.68. The highest BCUT2D eigenvalue weighted by molar-refractivity contribution is 5.86. The highest BCUT2D eigenvalue weighted by Gasteiger charge is 2.21. The van der Waals surface area contributed by atoms with E-state index in [2.05, 4.69) is 67.6 Å². The second-order valence-corrected chi connectivity index (χ2v) is 9.75. The Morgan fingerprint density at radius 3 is 2.82 bits per heavy atom. The maximum atomic E-state index is 14.6. The van der Waals surface area contributed by atoms with E-state index in [9.17, 15) is 4.39 Å². The van der Waals surface area contributed by atoms with E-state index in [1.54, 1.807) is 29.3 Å². The number of aromatic nitrogens is 7. The molecule has 0 radical (unpaired) electrons. The first-order valence-electron chi connectivity index (χ1n) is 12.5. The molecule has 1 aromatic carbocycles. The van der Waals surface area contributed by atoms with Crippen molar-refractivity contribution >= 4 is 17.2 Å². The summed E-state index contributed by atoms with van der Waals surface area (Å²) < 4.78 is 23.9. The SMILES string of the molecule is CN(C)CCN(C)Cc1ccc(-c2cnc(NCc3c(F)ccc4c3CCO4)n3cnnc23)c2ncnn12. The predicted molar refractivity (Wildman–Crippen MR) is 141 cm³/mol. The number of hydrogen-bond donors (Lipinski definition) is 1. The van der Waals surface area contributed by atoms with Crippen LogP contribution in [0.4, 0.5) is 10.3 Å². The molecule has 1 N–H and O–H groups in total. The van der Waals surface area contributed by atoms with E-state index >= 15 is 0 Å². The van der Waals surface area contributed by atoms with E-state index in [-0.39, 0.29) is 12.4 Å². The Bertz CT molecular complexity index is 1610. The van der Waals surface area contributed by atoms with Gasteiger partial charge in [0, 0.05) is 61.1 Å². The zero-order chi connectivity index (χ0) is 26.2. The summed E-state index contributed by atoms with van der Waals surface area (Å²) in [6.45, 7) is 3.48. The van der Waals surface area contributed by atoms with Crippen LogP contribution in [0.3, 0.4) is 0 Å². The van der Waals surface area contributed by atoms with Gasteiger partial charge in [-0.2, -0.15) is 5.10 Å². The second kappa shape index (κ2) is 9.95. The van der Waals surface area contributed by atoms with Gasteiger partial charge in [-0.15, -0.1) is 10.2 Å². The van der Waals surface area contributed by atoms with Crippen molar-refractivity contribution in [3.63, 3.8) is 0 Å². The van der Waals surface area contributed by atoms with Gasteiger partial charge < -0.3 is 15.0 Å². The van der Waals surface area contributed by atoms with Crippen LogP contribution in [0, 0.1) is 5.82 Å². The monoisotopic (exact) mass is 516 g/mol. The summed E-state index contributed by atoms with van der Waals surface area (Å²) in [6, 6.07) is 7.22. The van der Waals surface area contributed by atoms with E-state index in [0.717, 1.165) is 53.4 Å². The number of anilines is 1. The van der Waals surface area contributed by atoms with Gasteiger partial charge in [-0.25, -0.2) is 18.9 Å². The van der Waals surface area contributed by atoms with Crippen LogP contribution in [0.25, 0.3) is 22.4 Å². The van der Waals surface area contributed by atoms with Crippen LogP contribution in [0.15, 0.2) is 43.1 Å². The standard InChI is InChI=1S/C26H29FN10O/c1-34(2)9-10-35(3)14-17-4-5-19(24-30-15-32-37(17)24)21-13-29-26(36-16-31-33-25(21)36)28-12-20-18-8-11-38-23(18)7-6-22(20)27/h4-7,13,15-16H,8-12,14H2,1-3H3,(H,28,29). The molecule has 4 aromatic heterocycles. The zero-order valence-electron chi connectivity index (χ0n) is 21.6. The molecule has 0 saturated carbocycles. The van der Waals surface area contributed by atoms with Crippen molar-refractivity contribution in [1.82, 2.24) is 44.0 Å². The molecule has 0 bridgehead atoms. The van der Waals surface area contributed by atoms with Crippen LogP contribution in [-0.2, 0) is 19.5 Å². The minimum atomic E-state index is -0.264. The lowest BCUT2D eigenvalue weighted by molar-refractivity contribution is 0.272. The number of hydrogen-bond acceptors (Lipinski definition) is 9. The van der Waals surface area contributed by atoms with Crippen LogP contribution >= 0.6 is 0 Å². The molecule has 5 heterocycles. The molecule has 0 fully saturated rings. The Morgan fingerprint density at radius 2 is 1.95 bits per heavy atom. The number of nitrogens with one attached hydrogen (secondary N) is 1. The first-order valence-corrected chi connectivity index (χ1v) is 12.5. The first kappa shape index (κ1) is 24.2. The van der Waals surface area contributed by atoms with Gasteiger partial charge in [0.15, 0.2) is 11.3 Å². The van der Waals surface area contributed by atoms with Crippen molar-refractivity contribution in [2.75, 3.05) is 46.2 Å². The summed E-state index contributed by atoms with van der Waals surface area (Å²) in [7, 11) is 6.23. The fraction of sp³-hybridized carbons (Fsp3) is 0.346. The third-order valence-electron chi connectivity index (χ3n) is 6.85. The van der Waals surface area contributed by atoms with Gasteiger partial charge in [-0.05, 0) is 45.4 Å². The highest BCUT2D eigenvalue weighted by atomic mass is 19.1. The van der Waals surface area contributed by atoms with E-state index < -0.39 is 0 Å². The molecule has 1 aliphatic heterocycles. The number of nitrogens with zero attached hydrogens (tertiary/aromatic N) is 9. The van der Waals surface area contributed by atoms with Crippen molar-refractivity contribution in [2.45, 2.75) is 19.5 Å². The number of fused-ring (bicyclic) bond motifs is 3. The third-order valence-corrected chi connectivity index (χ3v) is 6.85. The summed E-state index contributed by atoms with van der Waals surface area (Å²) in [6.07, 6.45) is 5.59. The number of likely N-dealkylation sites (N-methyl/N-ethyl adjacent to an activating group) is 2. The van der Waals surface area contributed by atoms with Gasteiger partial charge in [0.1, 0.15) is 24.2 Å². The van der Waals surface area contributed by atoms with E-state index in [1.807, 2.05) is 10.6 Å². The van der Waals surface area contributed by atoms with Crippen LogP contribution in [-0.4, -0.2) is 84.8 Å². The van der Waals surface area contributed by atoms with E-state index in [1.165, 1.54) is 6.07 Å². The fourth-order valence-electron chi connectivity index (χ4n) is 4.83. The number of ether oxygens (including phenoxy) is 1. The average molecular weight is 517 g/mol. The van der Waals surface area contributed by atoms with Gasteiger partial charge in [0.05, 0.1) is 12.3 Å². The van der Waals surface area contributed by atoms with E-state index in [4.69, 9.17) is 4.74 Å². The Morgan fingerprint density at radius 1 is 1.05 bits per heavy atom. The smallest absolute Gasteiger partial charge is 0.210 e. The Labute approximate surface area is 218 Å². The largest absolute Gasteiger partial charge is 0.493 e. The molecule has 0 unspecified atom stereocenters. The van der Waals surface area contributed by atoms with Crippen molar-refractivity contribution in [2.24, 2.45) is 0 Å². The Hall–Kier alpha value is -4.16. The molecule has 0 atom stereocenters. The van der Waals surface area contributed by atoms with Crippen LogP contribution in [0.2, 0.25) is 0 Å². The van der Waals surface area contributed by atoms with Gasteiger partial charge in [-0.3, -0.25) is 9.30 Å². The Kier molecular flexibility index (Phi) is 6.34. The minimum Gasteiger partial charge on any atom is -0.493 e. The normalized spacial score (nSPS) is 13.1. The van der Waals surface area contributed by atoms with E-state index in [0.29, 0.717) is 30.2 Å². The van der Waals surface area contributed by atoms with Crippen LogP contribution < -0.4 is 10.1 Å². The summed E-state index contributed by atoms with van der Waals surface area (Å²) in [5, 5.41) is 16.2. The van der Waals surface area contributed by atoms with Crippen molar-refractivity contribution in [3.8, 4) is 16.9 Å². The lowest BCUT2D eigenvalue weighted by Gasteiger charge is -2.20. The molecule has 6 rings (SSSR count). The highest BCUT2D eigenvalue weighted by Crippen LogP contribution is 2.31. The third kappa shape index (κ3) is 4.41. The molecular formula is C26H29FN10O. The molecule has 1 aliphatic rings. The molecule has 0 saturated heterocycles. The van der Waals surface area contributed by atoms with Gasteiger partial charge in [0.25, 0.3) is 0 Å². The number of halogens is 1. The molecule has 196 valence electrons. The van der Waals surface area contributed by atoms with Crippen molar-refractivity contribution < 1.29 is 9.13 Å². The predicted octanol–water partition coefficient (Wildman–Crippen LogP) is 2.51. The van der Waals surface area contributed by atoms with Crippen LogP contribution in [0.5, 0.6) is 5.75 Å². The maximum Gasteiger partial charge on any atom is 0.210 e. The molecule has 12 heteroatoms. The van der Waals surface area contributed by atoms with Crippen molar-refractivity contribution in [1.29, 1.82) is 0 Å². The molecule has 0 amide bonds. The molecule has 0 aliphatic carbocycles. The molecule has 11 nitrogen and oxygen atoms in total. The first-order chi connectivity index (χ1) is 18.5. The number of pyridine rings is 1. The molecule has 38 heavy (non-hydrogen) atoms. The summed E-state index contributed by atoms with van der Waals surface area (Å²) in [5.74, 6) is 0.993. The second-order valence-electron chi connectivity index (χ2n) is 9.75. The van der Waals surface area contributed by atoms with Crippen LogP contribution in [0.1, 0.15) is 16.8 Å². The molecule has 0 spiro atoms. The summed E-state index contributed by atoms with van der Waals surface area (Å²) in [5.41, 5.74) is 5.48.